The van der Waals surface area contributed by atoms with Crippen molar-refractivity contribution < 1.29 is 10.0 Å². The summed E-state index contributed by atoms with van der Waals surface area (Å²) in [6, 6.07) is 5.82. The van der Waals surface area contributed by atoms with Gasteiger partial charge in [0.1, 0.15) is 31.4 Å². The van der Waals surface area contributed by atoms with Crippen molar-refractivity contribution in [2.75, 3.05) is 0 Å². The Kier molecular flexibility index (Phi) is 3.92. The molecule has 1 heterocycles. The highest BCUT2D eigenvalue weighted by molar-refractivity contribution is 6.76. The first-order valence-electron chi connectivity index (χ1n) is 6.33. The van der Waals surface area contributed by atoms with Crippen LogP contribution in [0.5, 0.6) is 0 Å². The summed E-state index contributed by atoms with van der Waals surface area (Å²) in [6.45, 7) is 0. The molecule has 0 aliphatic rings. The van der Waals surface area contributed by atoms with Crippen molar-refractivity contribution in [3.05, 3.63) is 24.4 Å². The number of rotatable bonds is 2. The van der Waals surface area contributed by atoms with Crippen molar-refractivity contribution in [2.45, 2.75) is 0 Å². The second-order valence-corrected chi connectivity index (χ2v) is 4.88. The van der Waals surface area contributed by atoms with Gasteiger partial charge in [-0.1, -0.05) is 27.9 Å². The molecule has 0 unspecified atom stereocenters. The molecule has 0 fully saturated rings. The van der Waals surface area contributed by atoms with E-state index in [1.54, 1.807) is 6.20 Å². The van der Waals surface area contributed by atoms with E-state index >= 15 is 0 Å². The van der Waals surface area contributed by atoms with Gasteiger partial charge in [0.05, 0.1) is 5.69 Å². The first-order valence-corrected chi connectivity index (χ1v) is 6.33. The predicted molar refractivity (Wildman–Crippen MR) is 92.2 cm³/mol. The van der Waals surface area contributed by atoms with E-state index in [0.29, 0.717) is 5.46 Å². The molecule has 0 spiro atoms. The Morgan fingerprint density at radius 1 is 0.895 bits per heavy atom. The van der Waals surface area contributed by atoms with Crippen LogP contribution in [-0.2, 0) is 0 Å². The number of benzene rings is 1. The molecule has 2 aromatic rings. The summed E-state index contributed by atoms with van der Waals surface area (Å²) in [5.41, 5.74) is 6.53. The zero-order valence-electron chi connectivity index (χ0n) is 11.7. The summed E-state index contributed by atoms with van der Waals surface area (Å²) in [6.07, 6.45) is 1.77. The summed E-state index contributed by atoms with van der Waals surface area (Å²) in [4.78, 5) is 4.40. The summed E-state index contributed by atoms with van der Waals surface area (Å²) < 4.78 is 0. The zero-order chi connectivity index (χ0) is 14.2. The molecule has 1 aromatic carbocycles. The molecule has 0 radical (unpaired) electrons. The lowest BCUT2D eigenvalue weighted by Gasteiger charge is -2.21. The molecule has 2 N–H and O–H groups in total. The van der Waals surface area contributed by atoms with E-state index in [1.807, 2.05) is 49.6 Å². The molecular weight excluding hydrogens is 232 g/mol. The number of hydrogen-bond acceptors (Lipinski definition) is 3. The lowest BCUT2D eigenvalue weighted by molar-refractivity contribution is 0.426. The molecule has 1 aromatic heterocycles. The van der Waals surface area contributed by atoms with E-state index in [0.717, 1.165) is 33.1 Å². The van der Waals surface area contributed by atoms with Crippen LogP contribution < -0.4 is 27.3 Å². The van der Waals surface area contributed by atoms with Crippen LogP contribution in [0, 0.1) is 0 Å². The Bertz CT molecular complexity index is 589. The molecule has 0 aliphatic heterocycles. The second kappa shape index (κ2) is 5.31. The average Bonchev–Trinajstić information content (AvgIpc) is 2.38. The van der Waals surface area contributed by atoms with Crippen LogP contribution in [0.25, 0.3) is 11.3 Å². The van der Waals surface area contributed by atoms with Gasteiger partial charge in [-0.2, -0.15) is 0 Å². The van der Waals surface area contributed by atoms with Gasteiger partial charge in [0.15, 0.2) is 0 Å². The molecule has 0 saturated heterocycles. The van der Waals surface area contributed by atoms with Gasteiger partial charge in [-0.25, -0.2) is 0 Å². The summed E-state index contributed by atoms with van der Waals surface area (Å²) in [5, 5.41) is 19.1. The topological polar surface area (TPSA) is 53.4 Å². The van der Waals surface area contributed by atoms with Gasteiger partial charge in [-0.05, 0) is 23.2 Å². The zero-order valence-corrected chi connectivity index (χ0v) is 11.7. The molecule has 90 valence electrons. The van der Waals surface area contributed by atoms with Crippen LogP contribution in [0.3, 0.4) is 0 Å². The van der Waals surface area contributed by atoms with E-state index in [-0.39, 0.29) is 0 Å². The highest BCUT2D eigenvalue weighted by atomic mass is 16.4. The maximum atomic E-state index is 9.54. The van der Waals surface area contributed by atoms with Gasteiger partial charge in [0.25, 0.3) is 0 Å². The Morgan fingerprint density at radius 2 is 1.47 bits per heavy atom. The Balaban J connectivity index is 2.79. The van der Waals surface area contributed by atoms with Crippen molar-refractivity contribution in [1.29, 1.82) is 0 Å². The lowest BCUT2D eigenvalue weighted by atomic mass is 9.56. The van der Waals surface area contributed by atoms with Crippen LogP contribution in [-0.4, -0.2) is 53.5 Å². The van der Waals surface area contributed by atoms with E-state index in [2.05, 4.69) is 4.98 Å². The number of aromatic nitrogens is 1. The van der Waals surface area contributed by atoms with E-state index in [4.69, 9.17) is 0 Å². The number of pyridine rings is 1. The standard InChI is InChI=1S/C11H14B5NO2/c12-7-6(5-3-1-2-4-17-5)8(13)10(15)11(9(7)14)16(18)19/h1-4,18-19H,12-15H2. The third-order valence-corrected chi connectivity index (χ3v) is 3.86. The smallest absolute Gasteiger partial charge is 0.423 e. The quantitative estimate of drug-likeness (QED) is 0.518. The fourth-order valence-corrected chi connectivity index (χ4v) is 2.62. The fraction of sp³-hybridized carbons (Fsp3) is 0. The number of hydrogen-bond donors (Lipinski definition) is 2. The summed E-state index contributed by atoms with van der Waals surface area (Å²) in [7, 11) is 6.40. The number of nitrogens with zero attached hydrogens (tertiary/aromatic N) is 1. The van der Waals surface area contributed by atoms with Gasteiger partial charge < -0.3 is 10.0 Å². The average molecular weight is 246 g/mol. The van der Waals surface area contributed by atoms with Crippen molar-refractivity contribution in [2.24, 2.45) is 0 Å². The van der Waals surface area contributed by atoms with Gasteiger partial charge in [-0.3, -0.25) is 4.98 Å². The highest BCUT2D eigenvalue weighted by Gasteiger charge is 2.22. The molecule has 0 aliphatic carbocycles. The summed E-state index contributed by atoms with van der Waals surface area (Å²) in [5.74, 6) is 0. The van der Waals surface area contributed by atoms with Crippen molar-refractivity contribution >= 4 is 65.8 Å². The third-order valence-electron chi connectivity index (χ3n) is 3.86. The Morgan fingerprint density at radius 3 is 1.89 bits per heavy atom. The van der Waals surface area contributed by atoms with Crippen LogP contribution >= 0.6 is 0 Å². The molecule has 0 bridgehead atoms. The minimum atomic E-state index is -1.44. The normalized spacial score (nSPS) is 10.4. The first kappa shape index (κ1) is 14.0. The van der Waals surface area contributed by atoms with Crippen molar-refractivity contribution in [3.8, 4) is 11.3 Å². The molecule has 0 atom stereocenters. The molecular formula is C11H14B5NO2. The van der Waals surface area contributed by atoms with Gasteiger partial charge >= 0.3 is 7.12 Å². The van der Waals surface area contributed by atoms with Crippen LogP contribution in [0.2, 0.25) is 0 Å². The van der Waals surface area contributed by atoms with E-state index in [1.165, 1.54) is 0 Å². The van der Waals surface area contributed by atoms with Crippen LogP contribution in [0.4, 0.5) is 0 Å². The first-order chi connectivity index (χ1) is 8.95. The Hall–Kier alpha value is -1.39. The third kappa shape index (κ3) is 2.38. The minimum absolute atomic E-state index is 0.606. The Labute approximate surface area is 117 Å². The van der Waals surface area contributed by atoms with E-state index < -0.39 is 7.12 Å². The molecule has 2 rings (SSSR count). The molecule has 3 nitrogen and oxygen atoms in total. The maximum Gasteiger partial charge on any atom is 0.487 e. The molecule has 0 amide bonds. The monoisotopic (exact) mass is 247 g/mol. The maximum absolute atomic E-state index is 9.54. The minimum Gasteiger partial charge on any atom is -0.423 e. The largest absolute Gasteiger partial charge is 0.487 e. The predicted octanol–water partition coefficient (Wildman–Crippen LogP) is -6.54. The SMILES string of the molecule is Bc1c(B)c(-c2ccccn2)c(B)c(B)c1B(O)O. The van der Waals surface area contributed by atoms with Gasteiger partial charge in [-0.15, -0.1) is 0 Å². The fourth-order valence-electron chi connectivity index (χ4n) is 2.62. The van der Waals surface area contributed by atoms with Crippen LogP contribution in [0.1, 0.15) is 0 Å². The lowest BCUT2D eigenvalue weighted by Crippen LogP contribution is -2.61. The summed E-state index contributed by atoms with van der Waals surface area (Å²) >= 11 is 0. The van der Waals surface area contributed by atoms with E-state index in [9.17, 15) is 10.0 Å². The molecule has 0 saturated carbocycles. The molecule has 19 heavy (non-hydrogen) atoms. The second-order valence-electron chi connectivity index (χ2n) is 4.88. The van der Waals surface area contributed by atoms with Gasteiger partial charge in [0, 0.05) is 6.20 Å². The van der Waals surface area contributed by atoms with Gasteiger partial charge in [0.2, 0.25) is 0 Å². The highest BCUT2D eigenvalue weighted by Crippen LogP contribution is 2.08. The van der Waals surface area contributed by atoms with Crippen LogP contribution in [0.15, 0.2) is 24.4 Å². The molecule has 8 heteroatoms. The van der Waals surface area contributed by atoms with Crippen molar-refractivity contribution in [1.82, 2.24) is 4.98 Å². The van der Waals surface area contributed by atoms with Crippen molar-refractivity contribution in [3.63, 3.8) is 0 Å².